The van der Waals surface area contributed by atoms with Gasteiger partial charge in [-0.3, -0.25) is 0 Å². The number of benzene rings is 2. The van der Waals surface area contributed by atoms with Crippen LogP contribution in [0.15, 0.2) is 65.8 Å². The van der Waals surface area contributed by atoms with Crippen LogP contribution in [-0.2, 0) is 16.4 Å². The van der Waals surface area contributed by atoms with E-state index in [0.29, 0.717) is 16.3 Å². The fraction of sp³-hybridized carbons (Fsp3) is 0.158. The number of nitrogens with zero attached hydrogens (tertiary/aromatic N) is 1. The molecule has 0 bridgehead atoms. The van der Waals surface area contributed by atoms with E-state index in [1.165, 1.54) is 3.97 Å². The third-order valence-electron chi connectivity index (χ3n) is 4.01. The predicted molar refractivity (Wildman–Crippen MR) is 97.2 cm³/mol. The second-order valence-corrected chi connectivity index (χ2v) is 8.20. The molecule has 0 radical (unpaired) electrons. The Morgan fingerprint density at radius 3 is 2.17 bits per heavy atom. The molecule has 24 heavy (non-hydrogen) atoms. The summed E-state index contributed by atoms with van der Waals surface area (Å²) in [5.41, 5.74) is 4.04. The smallest absolute Gasteiger partial charge is 0.248 e. The minimum Gasteiger partial charge on any atom is -0.248 e. The van der Waals surface area contributed by atoms with Gasteiger partial charge in [-0.2, -0.15) is 0 Å². The highest BCUT2D eigenvalue weighted by Gasteiger charge is 2.18. The van der Waals surface area contributed by atoms with Gasteiger partial charge in [0, 0.05) is 17.4 Å². The van der Waals surface area contributed by atoms with Crippen molar-refractivity contribution in [2.75, 3.05) is 0 Å². The molecule has 0 N–H and O–H groups in total. The minimum atomic E-state index is -3.56. The second kappa shape index (κ2) is 6.46. The third kappa shape index (κ3) is 3.40. The van der Waals surface area contributed by atoms with Crippen LogP contribution in [0.25, 0.3) is 0 Å². The number of aryl methyl sites for hydroxylation is 2. The molecule has 2 aromatic carbocycles. The summed E-state index contributed by atoms with van der Waals surface area (Å²) in [7, 11) is -3.56. The quantitative estimate of drug-likeness (QED) is 0.683. The average molecular weight is 360 g/mol. The molecule has 1 aromatic heterocycles. The van der Waals surface area contributed by atoms with Crippen LogP contribution in [0.3, 0.4) is 0 Å². The van der Waals surface area contributed by atoms with E-state index < -0.39 is 10.0 Å². The van der Waals surface area contributed by atoms with Crippen molar-refractivity contribution in [3.63, 3.8) is 0 Å². The molecule has 0 fully saturated rings. The van der Waals surface area contributed by atoms with Gasteiger partial charge in [-0.15, -0.1) is 0 Å². The van der Waals surface area contributed by atoms with Gasteiger partial charge in [-0.05, 0) is 61.2 Å². The highest BCUT2D eigenvalue weighted by Crippen LogP contribution is 2.21. The van der Waals surface area contributed by atoms with Gasteiger partial charge < -0.3 is 0 Å². The maximum absolute atomic E-state index is 12.8. The van der Waals surface area contributed by atoms with Gasteiger partial charge in [-0.1, -0.05) is 41.4 Å². The Balaban J connectivity index is 1.93. The number of hydrogen-bond donors (Lipinski definition) is 0. The molecule has 3 aromatic rings. The lowest BCUT2D eigenvalue weighted by molar-refractivity contribution is 0.587. The first kappa shape index (κ1) is 16.8. The summed E-state index contributed by atoms with van der Waals surface area (Å²) in [5, 5.41) is 0.690. The Labute approximate surface area is 147 Å². The van der Waals surface area contributed by atoms with Crippen molar-refractivity contribution in [1.82, 2.24) is 3.97 Å². The maximum Gasteiger partial charge on any atom is 0.267 e. The van der Waals surface area contributed by atoms with Crippen molar-refractivity contribution in [3.8, 4) is 0 Å². The van der Waals surface area contributed by atoms with Crippen LogP contribution in [0.1, 0.15) is 22.3 Å². The molecule has 0 unspecified atom stereocenters. The Morgan fingerprint density at radius 1 is 0.917 bits per heavy atom. The predicted octanol–water partition coefficient (Wildman–Crippen LogP) is 4.59. The van der Waals surface area contributed by atoms with E-state index in [2.05, 4.69) is 0 Å². The van der Waals surface area contributed by atoms with Gasteiger partial charge in [0.15, 0.2) is 0 Å². The van der Waals surface area contributed by atoms with Crippen molar-refractivity contribution in [2.45, 2.75) is 25.2 Å². The van der Waals surface area contributed by atoms with Crippen molar-refractivity contribution in [2.24, 2.45) is 0 Å². The van der Waals surface area contributed by atoms with Gasteiger partial charge in [0.2, 0.25) is 0 Å². The molecule has 3 nitrogen and oxygen atoms in total. The SMILES string of the molecule is Cc1ccc(S(=O)(=O)n2cc(C)c(Cc3ccc(Cl)cc3)c2)cc1. The lowest BCUT2D eigenvalue weighted by Crippen LogP contribution is -2.10. The van der Waals surface area contributed by atoms with Crippen LogP contribution < -0.4 is 0 Å². The van der Waals surface area contributed by atoms with Gasteiger partial charge in [0.25, 0.3) is 10.0 Å². The molecule has 124 valence electrons. The lowest BCUT2D eigenvalue weighted by Gasteiger charge is -2.06. The zero-order valence-electron chi connectivity index (χ0n) is 13.5. The zero-order valence-corrected chi connectivity index (χ0v) is 15.1. The molecular weight excluding hydrogens is 342 g/mol. The summed E-state index contributed by atoms with van der Waals surface area (Å²) in [6.07, 6.45) is 4.03. The Kier molecular flexibility index (Phi) is 4.52. The summed E-state index contributed by atoms with van der Waals surface area (Å²) in [6, 6.07) is 14.5. The first-order chi connectivity index (χ1) is 11.4. The standard InChI is InChI=1S/C19H18ClNO2S/c1-14-3-9-19(10-4-14)24(22,23)21-12-15(2)17(13-21)11-16-5-7-18(20)8-6-16/h3-10,12-13H,11H2,1-2H3. The van der Waals surface area contributed by atoms with Gasteiger partial charge in [0.05, 0.1) is 4.90 Å². The van der Waals surface area contributed by atoms with Crippen LogP contribution in [-0.4, -0.2) is 12.4 Å². The number of halogens is 1. The van der Waals surface area contributed by atoms with E-state index in [4.69, 9.17) is 11.6 Å². The largest absolute Gasteiger partial charge is 0.267 e. The molecule has 0 aliphatic carbocycles. The molecule has 0 aliphatic rings. The third-order valence-corrected chi connectivity index (χ3v) is 5.90. The Morgan fingerprint density at radius 2 is 1.54 bits per heavy atom. The van der Waals surface area contributed by atoms with Crippen molar-refractivity contribution >= 4 is 21.6 Å². The first-order valence-electron chi connectivity index (χ1n) is 7.60. The molecule has 0 saturated carbocycles. The average Bonchev–Trinajstić information content (AvgIpc) is 2.92. The summed E-state index contributed by atoms with van der Waals surface area (Å²) in [6.45, 7) is 3.85. The van der Waals surface area contributed by atoms with E-state index in [1.54, 1.807) is 36.7 Å². The van der Waals surface area contributed by atoms with Crippen LogP contribution in [0.4, 0.5) is 0 Å². The van der Waals surface area contributed by atoms with Crippen LogP contribution in [0, 0.1) is 13.8 Å². The van der Waals surface area contributed by atoms with Crippen molar-refractivity contribution < 1.29 is 8.42 Å². The molecule has 0 spiro atoms. The zero-order chi connectivity index (χ0) is 17.3. The van der Waals surface area contributed by atoms with Gasteiger partial charge in [0.1, 0.15) is 0 Å². The highest BCUT2D eigenvalue weighted by molar-refractivity contribution is 7.90. The van der Waals surface area contributed by atoms with Crippen LogP contribution in [0.5, 0.6) is 0 Å². The lowest BCUT2D eigenvalue weighted by atomic mass is 10.1. The number of hydrogen-bond acceptors (Lipinski definition) is 2. The van der Waals surface area contributed by atoms with E-state index in [9.17, 15) is 8.42 Å². The normalized spacial score (nSPS) is 11.6. The van der Waals surface area contributed by atoms with Crippen LogP contribution >= 0.6 is 11.6 Å². The van der Waals surface area contributed by atoms with Crippen molar-refractivity contribution in [1.29, 1.82) is 0 Å². The topological polar surface area (TPSA) is 39.1 Å². The van der Waals surface area contributed by atoms with Crippen LogP contribution in [0.2, 0.25) is 5.02 Å². The molecule has 0 amide bonds. The summed E-state index contributed by atoms with van der Waals surface area (Å²) < 4.78 is 26.8. The van der Waals surface area contributed by atoms with Gasteiger partial charge in [-0.25, -0.2) is 12.4 Å². The highest BCUT2D eigenvalue weighted by atomic mass is 35.5. The number of rotatable bonds is 4. The van der Waals surface area contributed by atoms with Gasteiger partial charge >= 0.3 is 0 Å². The summed E-state index contributed by atoms with van der Waals surface area (Å²) >= 11 is 5.91. The minimum absolute atomic E-state index is 0.293. The monoisotopic (exact) mass is 359 g/mol. The molecular formula is C19H18ClNO2S. The van der Waals surface area contributed by atoms with E-state index in [-0.39, 0.29) is 0 Å². The molecule has 0 atom stereocenters. The fourth-order valence-corrected chi connectivity index (χ4v) is 3.96. The number of aromatic nitrogens is 1. The molecule has 0 saturated heterocycles. The molecule has 1 heterocycles. The summed E-state index contributed by atoms with van der Waals surface area (Å²) in [4.78, 5) is 0.293. The van der Waals surface area contributed by atoms with E-state index in [0.717, 1.165) is 22.3 Å². The Bertz CT molecular complexity index is 956. The maximum atomic E-state index is 12.8. The summed E-state index contributed by atoms with van der Waals surface area (Å²) in [5.74, 6) is 0. The second-order valence-electron chi connectivity index (χ2n) is 5.92. The molecule has 5 heteroatoms. The fourth-order valence-electron chi connectivity index (χ4n) is 2.54. The molecule has 3 rings (SSSR count). The first-order valence-corrected chi connectivity index (χ1v) is 9.42. The Hall–Kier alpha value is -2.04. The van der Waals surface area contributed by atoms with E-state index >= 15 is 0 Å². The van der Waals surface area contributed by atoms with E-state index in [1.807, 2.05) is 38.1 Å². The molecule has 0 aliphatic heterocycles. The van der Waals surface area contributed by atoms with Crippen molar-refractivity contribution in [3.05, 3.63) is 88.2 Å².